The van der Waals surface area contributed by atoms with Crippen molar-refractivity contribution >= 4 is 39.2 Å². The Morgan fingerprint density at radius 1 is 0.913 bits per heavy atom. The fourth-order valence-corrected chi connectivity index (χ4v) is 3.40. The minimum Gasteiger partial charge on any atom is -0.323 e. The molecule has 2 heterocycles. The van der Waals surface area contributed by atoms with E-state index in [1.165, 1.54) is 23.5 Å². The van der Waals surface area contributed by atoms with Crippen molar-refractivity contribution in [1.29, 1.82) is 0 Å². The summed E-state index contributed by atoms with van der Waals surface area (Å²) in [5.41, 5.74) is 0.475. The Hall–Kier alpha value is -2.99. The van der Waals surface area contributed by atoms with Gasteiger partial charge in [0, 0.05) is 4.70 Å². The molecule has 4 rings (SSSR count). The van der Waals surface area contributed by atoms with Gasteiger partial charge < -0.3 is 4.84 Å². The molecular formula is C17H9NO4S. The van der Waals surface area contributed by atoms with Crippen molar-refractivity contribution in [3.63, 3.8) is 0 Å². The third-order valence-electron chi connectivity index (χ3n) is 3.56. The standard InChI is InChI=1S/C17H9NO4S/c19-15-11-6-2-3-7-12(11)16(20)18(15)22-17(21)14-9-10-5-1-4-8-13(10)23-14/h1-9H. The predicted octanol–water partition coefficient (Wildman–Crippen LogP) is 3.27. The number of fused-ring (bicyclic) bond motifs is 2. The van der Waals surface area contributed by atoms with Gasteiger partial charge in [-0.3, -0.25) is 9.59 Å². The number of hydrogen-bond donors (Lipinski definition) is 0. The first-order chi connectivity index (χ1) is 11.1. The topological polar surface area (TPSA) is 63.7 Å². The van der Waals surface area contributed by atoms with Crippen LogP contribution in [0.25, 0.3) is 10.1 Å². The van der Waals surface area contributed by atoms with Crippen molar-refractivity contribution in [3.8, 4) is 0 Å². The minimum atomic E-state index is -0.722. The lowest BCUT2D eigenvalue weighted by Crippen LogP contribution is -2.32. The molecule has 0 saturated carbocycles. The molecule has 112 valence electrons. The average Bonchev–Trinajstić information content (AvgIpc) is 3.11. The Labute approximate surface area is 134 Å². The van der Waals surface area contributed by atoms with E-state index in [2.05, 4.69) is 0 Å². The van der Waals surface area contributed by atoms with Crippen molar-refractivity contribution < 1.29 is 19.2 Å². The molecule has 0 aliphatic carbocycles. The molecule has 0 fully saturated rings. The molecule has 0 radical (unpaired) electrons. The quantitative estimate of drug-likeness (QED) is 0.679. The molecule has 1 aliphatic rings. The Kier molecular flexibility index (Phi) is 2.99. The molecule has 6 heteroatoms. The first kappa shape index (κ1) is 13.7. The molecule has 5 nitrogen and oxygen atoms in total. The van der Waals surface area contributed by atoms with E-state index >= 15 is 0 Å². The van der Waals surface area contributed by atoms with Crippen LogP contribution in [-0.4, -0.2) is 22.8 Å². The number of hydroxylamine groups is 2. The van der Waals surface area contributed by atoms with Gasteiger partial charge in [-0.15, -0.1) is 11.3 Å². The summed E-state index contributed by atoms with van der Waals surface area (Å²) in [6, 6.07) is 15.6. The minimum absolute atomic E-state index is 0.238. The number of hydrogen-bond acceptors (Lipinski definition) is 5. The maximum absolute atomic E-state index is 12.3. The highest BCUT2D eigenvalue weighted by molar-refractivity contribution is 7.20. The van der Waals surface area contributed by atoms with Crippen LogP contribution >= 0.6 is 11.3 Å². The molecule has 0 bridgehead atoms. The first-order valence-corrected chi connectivity index (χ1v) is 7.65. The summed E-state index contributed by atoms with van der Waals surface area (Å²) >= 11 is 1.25. The highest BCUT2D eigenvalue weighted by atomic mass is 32.1. The summed E-state index contributed by atoms with van der Waals surface area (Å²) in [5, 5.41) is 1.43. The highest BCUT2D eigenvalue weighted by Gasteiger charge is 2.38. The fourth-order valence-electron chi connectivity index (χ4n) is 2.46. The Balaban J connectivity index is 1.62. The summed E-state index contributed by atoms with van der Waals surface area (Å²) in [4.78, 5) is 42.0. The van der Waals surface area contributed by atoms with Crippen LogP contribution in [0.4, 0.5) is 0 Å². The van der Waals surface area contributed by atoms with Gasteiger partial charge in [0.05, 0.1) is 11.1 Å². The predicted molar refractivity (Wildman–Crippen MR) is 84.2 cm³/mol. The van der Waals surface area contributed by atoms with Gasteiger partial charge in [0.25, 0.3) is 11.8 Å². The zero-order chi connectivity index (χ0) is 16.0. The lowest BCUT2D eigenvalue weighted by molar-refractivity contribution is -0.0581. The number of imide groups is 1. The van der Waals surface area contributed by atoms with E-state index in [1.807, 2.05) is 24.3 Å². The number of nitrogens with zero attached hydrogens (tertiary/aromatic N) is 1. The number of carbonyl (C=O) groups is 3. The van der Waals surface area contributed by atoms with E-state index in [4.69, 9.17) is 4.84 Å². The Bertz CT molecular complexity index is 907. The van der Waals surface area contributed by atoms with Crippen LogP contribution in [-0.2, 0) is 4.84 Å². The summed E-state index contributed by atoms with van der Waals surface area (Å²) in [6.07, 6.45) is 0. The number of benzene rings is 2. The molecular weight excluding hydrogens is 314 g/mol. The lowest BCUT2D eigenvalue weighted by atomic mass is 10.1. The van der Waals surface area contributed by atoms with Gasteiger partial charge in [-0.05, 0) is 29.7 Å². The molecule has 2 aromatic carbocycles. The van der Waals surface area contributed by atoms with Gasteiger partial charge in [0.15, 0.2) is 0 Å². The second-order valence-electron chi connectivity index (χ2n) is 4.98. The summed E-state index contributed by atoms with van der Waals surface area (Å²) < 4.78 is 0.932. The first-order valence-electron chi connectivity index (χ1n) is 6.84. The highest BCUT2D eigenvalue weighted by Crippen LogP contribution is 2.28. The van der Waals surface area contributed by atoms with Crippen molar-refractivity contribution in [2.24, 2.45) is 0 Å². The lowest BCUT2D eigenvalue weighted by Gasteiger charge is -2.11. The van der Waals surface area contributed by atoms with Crippen LogP contribution in [0, 0.1) is 0 Å². The maximum atomic E-state index is 12.3. The number of amides is 2. The van der Waals surface area contributed by atoms with E-state index in [0.29, 0.717) is 9.94 Å². The van der Waals surface area contributed by atoms with E-state index in [1.54, 1.807) is 18.2 Å². The second kappa shape index (κ2) is 5.03. The Morgan fingerprint density at radius 2 is 1.52 bits per heavy atom. The van der Waals surface area contributed by atoms with Crippen LogP contribution in [0.2, 0.25) is 0 Å². The second-order valence-corrected chi connectivity index (χ2v) is 6.06. The van der Waals surface area contributed by atoms with Gasteiger partial charge in [0.1, 0.15) is 4.88 Å². The van der Waals surface area contributed by atoms with Crippen LogP contribution < -0.4 is 0 Å². The monoisotopic (exact) mass is 323 g/mol. The maximum Gasteiger partial charge on any atom is 0.373 e. The summed E-state index contributed by atoms with van der Waals surface area (Å²) in [7, 11) is 0. The zero-order valence-electron chi connectivity index (χ0n) is 11.7. The number of carbonyl (C=O) groups excluding carboxylic acids is 3. The molecule has 1 aromatic heterocycles. The normalized spacial score (nSPS) is 13.5. The van der Waals surface area contributed by atoms with Gasteiger partial charge in [0.2, 0.25) is 0 Å². The number of rotatable bonds is 2. The van der Waals surface area contributed by atoms with Gasteiger partial charge in [-0.25, -0.2) is 4.79 Å². The molecule has 0 N–H and O–H groups in total. The molecule has 0 spiro atoms. The van der Waals surface area contributed by atoms with Crippen molar-refractivity contribution in [2.45, 2.75) is 0 Å². The third kappa shape index (κ3) is 2.11. The average molecular weight is 323 g/mol. The summed E-state index contributed by atoms with van der Waals surface area (Å²) in [6.45, 7) is 0. The van der Waals surface area contributed by atoms with Crippen LogP contribution in [0.1, 0.15) is 30.4 Å². The molecule has 0 atom stereocenters. The smallest absolute Gasteiger partial charge is 0.323 e. The van der Waals surface area contributed by atoms with E-state index in [9.17, 15) is 14.4 Å². The molecule has 0 unspecified atom stereocenters. The fraction of sp³-hybridized carbons (Fsp3) is 0. The van der Waals surface area contributed by atoms with Crippen molar-refractivity contribution in [3.05, 3.63) is 70.6 Å². The van der Waals surface area contributed by atoms with E-state index in [0.717, 1.165) is 10.1 Å². The van der Waals surface area contributed by atoms with Gasteiger partial charge in [-0.2, -0.15) is 0 Å². The Morgan fingerprint density at radius 3 is 2.17 bits per heavy atom. The molecule has 23 heavy (non-hydrogen) atoms. The molecule has 2 amide bonds. The van der Waals surface area contributed by atoms with Gasteiger partial charge >= 0.3 is 5.97 Å². The van der Waals surface area contributed by atoms with Gasteiger partial charge in [-0.1, -0.05) is 35.4 Å². The zero-order valence-corrected chi connectivity index (χ0v) is 12.5. The van der Waals surface area contributed by atoms with Crippen molar-refractivity contribution in [1.82, 2.24) is 5.06 Å². The molecule has 1 aliphatic heterocycles. The molecule has 0 saturated heterocycles. The molecule has 3 aromatic rings. The number of thiophene rings is 1. The van der Waals surface area contributed by atoms with Crippen LogP contribution in [0.15, 0.2) is 54.6 Å². The van der Waals surface area contributed by atoms with Crippen molar-refractivity contribution in [2.75, 3.05) is 0 Å². The van der Waals surface area contributed by atoms with Crippen LogP contribution in [0.5, 0.6) is 0 Å². The van der Waals surface area contributed by atoms with Crippen LogP contribution in [0.3, 0.4) is 0 Å². The van der Waals surface area contributed by atoms with E-state index in [-0.39, 0.29) is 11.1 Å². The third-order valence-corrected chi connectivity index (χ3v) is 4.65. The summed E-state index contributed by atoms with van der Waals surface area (Å²) in [5.74, 6) is -1.97. The SMILES string of the molecule is O=C(ON1C(=O)c2ccccc2C1=O)c1cc2ccccc2s1. The largest absolute Gasteiger partial charge is 0.373 e. The van der Waals surface area contributed by atoms with E-state index < -0.39 is 17.8 Å².